The SMILES string of the molecule is O=C1C2CC2C(=O)N1Cc1ccc(C#CCO)s1. The zero-order chi connectivity index (χ0) is 12.7. The van der Waals surface area contributed by atoms with Crippen molar-refractivity contribution in [2.24, 2.45) is 11.8 Å². The van der Waals surface area contributed by atoms with Gasteiger partial charge in [0.15, 0.2) is 0 Å². The summed E-state index contributed by atoms with van der Waals surface area (Å²) < 4.78 is 0. The molecule has 4 nitrogen and oxygen atoms in total. The first-order valence-corrected chi connectivity index (χ1v) is 6.56. The summed E-state index contributed by atoms with van der Waals surface area (Å²) >= 11 is 1.45. The molecular weight excluding hydrogens is 250 g/mol. The van der Waals surface area contributed by atoms with Gasteiger partial charge in [-0.05, 0) is 18.6 Å². The van der Waals surface area contributed by atoms with E-state index >= 15 is 0 Å². The summed E-state index contributed by atoms with van der Waals surface area (Å²) in [6.07, 6.45) is 0.742. The maximum Gasteiger partial charge on any atom is 0.233 e. The number of hydrogen-bond acceptors (Lipinski definition) is 4. The Bertz CT molecular complexity index is 561. The zero-order valence-electron chi connectivity index (χ0n) is 9.55. The normalized spacial score (nSPS) is 24.8. The molecule has 1 aromatic rings. The minimum atomic E-state index is -0.167. The number of nitrogens with zero attached hydrogens (tertiary/aromatic N) is 1. The van der Waals surface area contributed by atoms with Gasteiger partial charge in [-0.1, -0.05) is 11.8 Å². The molecule has 0 aromatic carbocycles. The highest BCUT2D eigenvalue weighted by atomic mass is 32.1. The van der Waals surface area contributed by atoms with Crippen molar-refractivity contribution in [2.75, 3.05) is 6.61 Å². The van der Waals surface area contributed by atoms with Crippen LogP contribution in [0, 0.1) is 23.7 Å². The molecule has 5 heteroatoms. The van der Waals surface area contributed by atoms with Gasteiger partial charge >= 0.3 is 0 Å². The van der Waals surface area contributed by atoms with Gasteiger partial charge in [-0.15, -0.1) is 11.3 Å². The third-order valence-corrected chi connectivity index (χ3v) is 4.21. The van der Waals surface area contributed by atoms with Crippen molar-refractivity contribution >= 4 is 23.2 Å². The third-order valence-electron chi connectivity index (χ3n) is 3.22. The van der Waals surface area contributed by atoms with E-state index in [9.17, 15) is 9.59 Å². The van der Waals surface area contributed by atoms with E-state index in [0.29, 0.717) is 6.54 Å². The highest BCUT2D eigenvalue weighted by molar-refractivity contribution is 7.12. The molecule has 2 heterocycles. The summed E-state index contributed by atoms with van der Waals surface area (Å²) in [5.41, 5.74) is 0. The van der Waals surface area contributed by atoms with Gasteiger partial charge in [0.25, 0.3) is 0 Å². The van der Waals surface area contributed by atoms with Crippen LogP contribution in [0.25, 0.3) is 0 Å². The van der Waals surface area contributed by atoms with Gasteiger partial charge in [0.2, 0.25) is 11.8 Å². The minimum Gasteiger partial charge on any atom is -0.384 e. The second-order valence-electron chi connectivity index (χ2n) is 4.44. The van der Waals surface area contributed by atoms with E-state index in [-0.39, 0.29) is 30.3 Å². The average molecular weight is 261 g/mol. The van der Waals surface area contributed by atoms with Gasteiger partial charge in [0.05, 0.1) is 23.3 Å². The fraction of sp³-hybridized carbons (Fsp3) is 0.385. The maximum absolute atomic E-state index is 11.8. The van der Waals surface area contributed by atoms with Crippen LogP contribution < -0.4 is 0 Å². The first-order valence-electron chi connectivity index (χ1n) is 5.74. The lowest BCUT2D eigenvalue weighted by Crippen LogP contribution is -2.31. The van der Waals surface area contributed by atoms with E-state index in [2.05, 4.69) is 11.8 Å². The number of aliphatic hydroxyl groups is 1. The van der Waals surface area contributed by atoms with Crippen LogP contribution in [0.3, 0.4) is 0 Å². The Labute approximate surface area is 108 Å². The van der Waals surface area contributed by atoms with Crippen molar-refractivity contribution < 1.29 is 14.7 Å². The summed E-state index contributed by atoms with van der Waals surface area (Å²) in [5.74, 6) is 5.26. The topological polar surface area (TPSA) is 57.6 Å². The van der Waals surface area contributed by atoms with Crippen molar-refractivity contribution in [3.05, 3.63) is 21.9 Å². The first kappa shape index (κ1) is 11.5. The number of fused-ring (bicyclic) bond motifs is 1. The molecule has 0 spiro atoms. The van der Waals surface area contributed by atoms with Crippen molar-refractivity contribution in [3.8, 4) is 11.8 Å². The number of aliphatic hydroxyl groups excluding tert-OH is 1. The van der Waals surface area contributed by atoms with E-state index in [1.165, 1.54) is 16.2 Å². The van der Waals surface area contributed by atoms with E-state index in [0.717, 1.165) is 16.2 Å². The van der Waals surface area contributed by atoms with Gasteiger partial charge in [-0.3, -0.25) is 14.5 Å². The number of likely N-dealkylation sites (tertiary alicyclic amines) is 1. The Balaban J connectivity index is 1.71. The highest BCUT2D eigenvalue weighted by Gasteiger charge is 2.58. The Morgan fingerprint density at radius 1 is 1.33 bits per heavy atom. The number of piperidine rings is 1. The quantitative estimate of drug-likeness (QED) is 0.626. The van der Waals surface area contributed by atoms with E-state index < -0.39 is 0 Å². The van der Waals surface area contributed by atoms with Crippen molar-refractivity contribution in [3.63, 3.8) is 0 Å². The van der Waals surface area contributed by atoms with E-state index in [1.807, 2.05) is 12.1 Å². The summed E-state index contributed by atoms with van der Waals surface area (Å²) in [6.45, 7) is 0.190. The highest BCUT2D eigenvalue weighted by Crippen LogP contribution is 2.47. The molecular formula is C13H11NO3S. The van der Waals surface area contributed by atoms with Gasteiger partial charge in [0, 0.05) is 4.88 Å². The monoisotopic (exact) mass is 261 g/mol. The predicted molar refractivity (Wildman–Crippen MR) is 65.4 cm³/mol. The van der Waals surface area contributed by atoms with Gasteiger partial charge in [-0.2, -0.15) is 0 Å². The number of imide groups is 1. The molecule has 3 rings (SSSR count). The van der Waals surface area contributed by atoms with Crippen LogP contribution >= 0.6 is 11.3 Å². The molecule has 18 heavy (non-hydrogen) atoms. The lowest BCUT2D eigenvalue weighted by atomic mass is 10.3. The zero-order valence-corrected chi connectivity index (χ0v) is 10.4. The van der Waals surface area contributed by atoms with Gasteiger partial charge < -0.3 is 5.11 Å². The molecule has 92 valence electrons. The summed E-state index contributed by atoms with van der Waals surface area (Å²) in [6, 6.07) is 3.71. The fourth-order valence-corrected chi connectivity index (χ4v) is 3.09. The van der Waals surface area contributed by atoms with E-state index in [4.69, 9.17) is 5.11 Å². The Morgan fingerprint density at radius 2 is 2.06 bits per heavy atom. The van der Waals surface area contributed by atoms with Crippen LogP contribution in [0.4, 0.5) is 0 Å². The lowest BCUT2D eigenvalue weighted by molar-refractivity contribution is -0.141. The smallest absolute Gasteiger partial charge is 0.233 e. The van der Waals surface area contributed by atoms with E-state index in [1.54, 1.807) is 0 Å². The predicted octanol–water partition coefficient (Wildman–Crippen LogP) is 0.597. The second kappa shape index (κ2) is 4.23. The molecule has 0 radical (unpaired) electrons. The Hall–Kier alpha value is -1.64. The molecule has 1 aromatic heterocycles. The molecule has 2 amide bonds. The number of thiophene rings is 1. The number of carbonyl (C=O) groups is 2. The summed E-state index contributed by atoms with van der Waals surface area (Å²) in [4.78, 5) is 26.7. The van der Waals surface area contributed by atoms with Crippen molar-refractivity contribution in [1.29, 1.82) is 0 Å². The molecule has 0 bridgehead atoms. The first-order chi connectivity index (χ1) is 8.70. The number of rotatable bonds is 2. The largest absolute Gasteiger partial charge is 0.384 e. The van der Waals surface area contributed by atoms with Crippen molar-refractivity contribution in [2.45, 2.75) is 13.0 Å². The number of amides is 2. The molecule has 1 saturated heterocycles. The summed E-state index contributed by atoms with van der Waals surface area (Å²) in [7, 11) is 0. The van der Waals surface area contributed by atoms with Crippen LogP contribution in [0.1, 0.15) is 16.2 Å². The Morgan fingerprint density at radius 3 is 2.72 bits per heavy atom. The average Bonchev–Trinajstić information content (AvgIpc) is 2.99. The molecule has 2 fully saturated rings. The minimum absolute atomic E-state index is 0.0265. The molecule has 1 saturated carbocycles. The van der Waals surface area contributed by atoms with Crippen LogP contribution in [0.5, 0.6) is 0 Å². The molecule has 1 N–H and O–H groups in total. The second-order valence-corrected chi connectivity index (χ2v) is 5.61. The fourth-order valence-electron chi connectivity index (χ4n) is 2.22. The van der Waals surface area contributed by atoms with Crippen LogP contribution in [0.2, 0.25) is 0 Å². The van der Waals surface area contributed by atoms with Gasteiger partial charge in [-0.25, -0.2) is 0 Å². The number of hydrogen-bond donors (Lipinski definition) is 1. The molecule has 2 aliphatic rings. The molecule has 2 atom stereocenters. The third kappa shape index (κ3) is 1.84. The Kier molecular flexibility index (Phi) is 2.69. The summed E-state index contributed by atoms with van der Waals surface area (Å²) in [5, 5.41) is 8.60. The number of carbonyl (C=O) groups excluding carboxylic acids is 2. The maximum atomic E-state index is 11.8. The van der Waals surface area contributed by atoms with Crippen LogP contribution in [0.15, 0.2) is 12.1 Å². The van der Waals surface area contributed by atoms with Crippen LogP contribution in [-0.4, -0.2) is 28.4 Å². The van der Waals surface area contributed by atoms with Gasteiger partial charge in [0.1, 0.15) is 6.61 Å². The molecule has 1 aliphatic heterocycles. The standard InChI is InChI=1S/C13H11NO3S/c15-5-1-2-8-3-4-9(18-8)7-14-12(16)10-6-11(10)13(14)17/h3-4,10-11,15H,5-7H2. The van der Waals surface area contributed by atoms with Crippen molar-refractivity contribution in [1.82, 2.24) is 4.90 Å². The lowest BCUT2D eigenvalue weighted by Gasteiger charge is -2.14. The van der Waals surface area contributed by atoms with Crippen LogP contribution in [-0.2, 0) is 16.1 Å². The molecule has 1 aliphatic carbocycles. The molecule has 2 unspecified atom stereocenters.